The molecule has 0 saturated carbocycles. The average Bonchev–Trinajstić information content (AvgIpc) is 2.48. The summed E-state index contributed by atoms with van der Waals surface area (Å²) in [5.41, 5.74) is 8.95. The number of carbonyl (C=O) groups excluding carboxylic acids is 1. The summed E-state index contributed by atoms with van der Waals surface area (Å²) in [7, 11) is 0. The van der Waals surface area contributed by atoms with Crippen molar-refractivity contribution in [2.24, 2.45) is 0 Å². The zero-order chi connectivity index (χ0) is 15.4. The van der Waals surface area contributed by atoms with Crippen molar-refractivity contribution in [2.75, 3.05) is 5.73 Å². The van der Waals surface area contributed by atoms with Gasteiger partial charge in [-0.05, 0) is 45.1 Å². The fourth-order valence-corrected chi connectivity index (χ4v) is 2.36. The zero-order valence-corrected chi connectivity index (χ0v) is 13.7. The molecule has 0 amide bonds. The van der Waals surface area contributed by atoms with Crippen molar-refractivity contribution in [3.05, 3.63) is 63.6 Å². The van der Waals surface area contributed by atoms with Gasteiger partial charge in [0.15, 0.2) is 0 Å². The van der Waals surface area contributed by atoms with E-state index in [1.165, 1.54) is 5.56 Å². The number of hydrogen-bond donors (Lipinski definition) is 1. The molecule has 0 aliphatic carbocycles. The number of ether oxygens (including phenoxy) is 1. The van der Waals surface area contributed by atoms with Gasteiger partial charge in [0.1, 0.15) is 6.61 Å². The number of hydrogen-bond acceptors (Lipinski definition) is 3. The molecule has 4 heteroatoms. The Kier molecular flexibility index (Phi) is 5.02. The maximum Gasteiger partial charge on any atom is 0.339 e. The average molecular weight is 348 g/mol. The molecule has 0 heterocycles. The van der Waals surface area contributed by atoms with Gasteiger partial charge in [0.25, 0.3) is 0 Å². The molecule has 0 radical (unpaired) electrons. The molecule has 3 nitrogen and oxygen atoms in total. The molecule has 21 heavy (non-hydrogen) atoms. The minimum Gasteiger partial charge on any atom is -0.457 e. The Morgan fingerprint density at radius 2 is 1.86 bits per heavy atom. The molecule has 2 rings (SSSR count). The second-order valence-corrected chi connectivity index (χ2v) is 5.97. The smallest absolute Gasteiger partial charge is 0.339 e. The highest BCUT2D eigenvalue weighted by molar-refractivity contribution is 9.10. The molecule has 0 atom stereocenters. The van der Waals surface area contributed by atoms with Gasteiger partial charge in [0.05, 0.1) is 10.0 Å². The maximum atomic E-state index is 12.1. The number of nitrogen functional groups attached to an aromatic ring is 1. The van der Waals surface area contributed by atoms with E-state index < -0.39 is 0 Å². The van der Waals surface area contributed by atoms with E-state index in [4.69, 9.17) is 10.5 Å². The summed E-state index contributed by atoms with van der Waals surface area (Å²) in [4.78, 5) is 12.1. The van der Waals surface area contributed by atoms with Crippen LogP contribution in [-0.2, 0) is 11.3 Å². The second-order valence-electron chi connectivity index (χ2n) is 5.18. The number of anilines is 1. The first-order valence-electron chi connectivity index (χ1n) is 6.79. The third-order valence-corrected chi connectivity index (χ3v) is 4.15. The lowest BCUT2D eigenvalue weighted by Crippen LogP contribution is -2.07. The summed E-state index contributed by atoms with van der Waals surface area (Å²) in [5, 5.41) is 0. The van der Waals surface area contributed by atoms with Crippen molar-refractivity contribution < 1.29 is 9.53 Å². The van der Waals surface area contributed by atoms with Gasteiger partial charge in [-0.3, -0.25) is 0 Å². The monoisotopic (exact) mass is 347 g/mol. The molecule has 0 bridgehead atoms. The van der Waals surface area contributed by atoms with E-state index in [-0.39, 0.29) is 12.6 Å². The number of esters is 1. The lowest BCUT2D eigenvalue weighted by Gasteiger charge is -2.09. The lowest BCUT2D eigenvalue weighted by atomic mass is 10.0. The second kappa shape index (κ2) is 6.76. The third-order valence-electron chi connectivity index (χ3n) is 3.26. The van der Waals surface area contributed by atoms with E-state index in [2.05, 4.69) is 41.9 Å². The van der Waals surface area contributed by atoms with Crippen molar-refractivity contribution >= 4 is 27.6 Å². The van der Waals surface area contributed by atoms with Gasteiger partial charge in [0.2, 0.25) is 0 Å². The Labute approximate surface area is 133 Å². The van der Waals surface area contributed by atoms with Crippen molar-refractivity contribution in [3.63, 3.8) is 0 Å². The molecule has 2 aromatic carbocycles. The highest BCUT2D eigenvalue weighted by atomic mass is 79.9. The van der Waals surface area contributed by atoms with Crippen LogP contribution < -0.4 is 5.73 Å². The molecule has 0 aliphatic heterocycles. The first-order chi connectivity index (χ1) is 9.99. The molecule has 2 aromatic rings. The van der Waals surface area contributed by atoms with Crippen molar-refractivity contribution in [1.29, 1.82) is 0 Å². The normalized spacial score (nSPS) is 10.7. The SMILES string of the molecule is CC(C)c1ccc(COC(=O)c2cccc(N)c2Br)cc1. The number of nitrogens with two attached hydrogens (primary N) is 1. The third kappa shape index (κ3) is 3.85. The predicted octanol–water partition coefficient (Wildman–Crippen LogP) is 4.51. The molecular weight excluding hydrogens is 330 g/mol. The quantitative estimate of drug-likeness (QED) is 0.653. The van der Waals surface area contributed by atoms with Gasteiger partial charge >= 0.3 is 5.97 Å². The molecular formula is C17H18BrNO2. The highest BCUT2D eigenvalue weighted by Crippen LogP contribution is 2.24. The number of rotatable bonds is 4. The topological polar surface area (TPSA) is 52.3 Å². The number of halogens is 1. The van der Waals surface area contributed by atoms with Gasteiger partial charge in [-0.25, -0.2) is 4.79 Å². The van der Waals surface area contributed by atoms with Crippen LogP contribution in [0, 0.1) is 0 Å². The lowest BCUT2D eigenvalue weighted by molar-refractivity contribution is 0.0471. The van der Waals surface area contributed by atoms with E-state index in [0.717, 1.165) is 5.56 Å². The van der Waals surface area contributed by atoms with Crippen LogP contribution in [0.2, 0.25) is 0 Å². The summed E-state index contributed by atoms with van der Waals surface area (Å²) < 4.78 is 5.90. The minimum absolute atomic E-state index is 0.248. The van der Waals surface area contributed by atoms with Gasteiger partial charge < -0.3 is 10.5 Å². The van der Waals surface area contributed by atoms with Crippen LogP contribution in [0.15, 0.2) is 46.9 Å². The molecule has 0 fully saturated rings. The summed E-state index contributed by atoms with van der Waals surface area (Å²) in [6.45, 7) is 4.54. The van der Waals surface area contributed by atoms with E-state index in [1.807, 2.05) is 12.1 Å². The van der Waals surface area contributed by atoms with Crippen LogP contribution in [0.25, 0.3) is 0 Å². The maximum absolute atomic E-state index is 12.1. The van der Waals surface area contributed by atoms with E-state index >= 15 is 0 Å². The Hall–Kier alpha value is -1.81. The Bertz CT molecular complexity index is 636. The minimum atomic E-state index is -0.387. The van der Waals surface area contributed by atoms with Crippen molar-refractivity contribution in [2.45, 2.75) is 26.4 Å². The molecule has 110 valence electrons. The van der Waals surface area contributed by atoms with Gasteiger partial charge in [-0.1, -0.05) is 44.2 Å². The van der Waals surface area contributed by atoms with Crippen molar-refractivity contribution in [3.8, 4) is 0 Å². The van der Waals surface area contributed by atoms with Gasteiger partial charge in [-0.15, -0.1) is 0 Å². The Morgan fingerprint density at radius 1 is 1.19 bits per heavy atom. The molecule has 0 unspecified atom stereocenters. The molecule has 0 aromatic heterocycles. The summed E-state index contributed by atoms with van der Waals surface area (Å²) in [6, 6.07) is 13.2. The van der Waals surface area contributed by atoms with Crippen LogP contribution in [0.3, 0.4) is 0 Å². The van der Waals surface area contributed by atoms with Crippen LogP contribution >= 0.6 is 15.9 Å². The summed E-state index contributed by atoms with van der Waals surface area (Å²) >= 11 is 3.31. The Morgan fingerprint density at radius 3 is 2.48 bits per heavy atom. The van der Waals surface area contributed by atoms with Crippen LogP contribution in [0.5, 0.6) is 0 Å². The first kappa shape index (κ1) is 15.6. The first-order valence-corrected chi connectivity index (χ1v) is 7.58. The highest BCUT2D eigenvalue weighted by Gasteiger charge is 2.13. The van der Waals surface area contributed by atoms with Crippen LogP contribution in [0.4, 0.5) is 5.69 Å². The molecule has 0 saturated heterocycles. The van der Waals surface area contributed by atoms with Crippen LogP contribution in [0.1, 0.15) is 41.3 Å². The van der Waals surface area contributed by atoms with Gasteiger partial charge in [-0.2, -0.15) is 0 Å². The van der Waals surface area contributed by atoms with E-state index in [9.17, 15) is 4.79 Å². The molecule has 2 N–H and O–H groups in total. The molecule has 0 spiro atoms. The van der Waals surface area contributed by atoms with Gasteiger partial charge in [0, 0.05) is 5.69 Å². The number of benzene rings is 2. The Balaban J connectivity index is 2.02. The standard InChI is InChI=1S/C17H18BrNO2/c1-11(2)13-8-6-12(7-9-13)10-21-17(20)14-4-3-5-15(19)16(14)18/h3-9,11H,10,19H2,1-2H3. The summed E-state index contributed by atoms with van der Waals surface area (Å²) in [5.74, 6) is 0.104. The largest absolute Gasteiger partial charge is 0.457 e. The number of carbonyl (C=O) groups is 1. The van der Waals surface area contributed by atoms with Crippen molar-refractivity contribution in [1.82, 2.24) is 0 Å². The van der Waals surface area contributed by atoms with E-state index in [1.54, 1.807) is 18.2 Å². The fourth-order valence-electron chi connectivity index (χ4n) is 1.93. The predicted molar refractivity (Wildman–Crippen MR) is 88.2 cm³/mol. The fraction of sp³-hybridized carbons (Fsp3) is 0.235. The van der Waals surface area contributed by atoms with Crippen LogP contribution in [-0.4, -0.2) is 5.97 Å². The summed E-state index contributed by atoms with van der Waals surface area (Å²) in [6.07, 6.45) is 0. The zero-order valence-electron chi connectivity index (χ0n) is 12.1. The molecule has 0 aliphatic rings. The van der Waals surface area contributed by atoms with E-state index in [0.29, 0.717) is 21.6 Å².